The number of methoxy groups -OCH3 is 1. The van der Waals surface area contributed by atoms with E-state index in [0.717, 1.165) is 11.1 Å². The third kappa shape index (κ3) is 5.12. The van der Waals surface area contributed by atoms with Crippen molar-refractivity contribution in [3.63, 3.8) is 0 Å². The number of aryl methyl sites for hydroxylation is 1. The number of aromatic nitrogens is 2. The van der Waals surface area contributed by atoms with E-state index >= 15 is 0 Å². The number of benzene rings is 3. The molecule has 0 spiro atoms. The zero-order valence-corrected chi connectivity index (χ0v) is 19.0. The molecule has 0 saturated carbocycles. The van der Waals surface area contributed by atoms with Crippen LogP contribution in [0.2, 0.25) is 0 Å². The van der Waals surface area contributed by atoms with Crippen molar-refractivity contribution in [3.05, 3.63) is 77.9 Å². The molecule has 8 heteroatoms. The Bertz CT molecular complexity index is 1350. The summed E-state index contributed by atoms with van der Waals surface area (Å²) in [5.74, 6) is 0.570. The Kier molecular flexibility index (Phi) is 6.68. The maximum Gasteiger partial charge on any atom is 0.311 e. The molecule has 8 nitrogen and oxygen atoms in total. The number of anilines is 1. The van der Waals surface area contributed by atoms with Gasteiger partial charge >= 0.3 is 5.97 Å². The van der Waals surface area contributed by atoms with Crippen LogP contribution in [0.4, 0.5) is 5.69 Å². The van der Waals surface area contributed by atoms with Crippen LogP contribution in [0, 0.1) is 6.92 Å². The molecule has 1 heterocycles. The van der Waals surface area contributed by atoms with Crippen molar-refractivity contribution in [2.24, 2.45) is 0 Å². The lowest BCUT2D eigenvalue weighted by Gasteiger charge is -2.11. The van der Waals surface area contributed by atoms with Gasteiger partial charge < -0.3 is 19.2 Å². The summed E-state index contributed by atoms with van der Waals surface area (Å²) in [5, 5.41) is 11.1. The lowest BCUT2D eigenvalue weighted by atomic mass is 10.1. The smallest absolute Gasteiger partial charge is 0.311 e. The summed E-state index contributed by atoms with van der Waals surface area (Å²) in [6, 6.07) is 19.5. The fraction of sp³-hybridized carbons (Fsp3) is 0.154. The van der Waals surface area contributed by atoms with Gasteiger partial charge in [0.05, 0.1) is 7.11 Å². The molecule has 34 heavy (non-hydrogen) atoms. The van der Waals surface area contributed by atoms with E-state index in [2.05, 4.69) is 15.5 Å². The number of nitrogens with one attached hydrogen (secondary N) is 1. The molecular formula is C26H23N3O5. The fourth-order valence-corrected chi connectivity index (χ4v) is 3.26. The van der Waals surface area contributed by atoms with Crippen molar-refractivity contribution in [2.75, 3.05) is 12.4 Å². The summed E-state index contributed by atoms with van der Waals surface area (Å²) in [6.45, 7) is 3.69. The van der Waals surface area contributed by atoms with E-state index < -0.39 is 0 Å². The number of hydrogen-bond acceptors (Lipinski definition) is 7. The SMILES string of the molecule is CCC(=O)Oc1ccc(C(=O)Nc2cccc(-c3nnc(-c4cccc(C)c4)o3)c2)cc1OC. The second-order valence-electron chi connectivity index (χ2n) is 7.51. The standard InChI is InChI=1S/C26H23N3O5/c1-4-23(30)33-21-12-11-17(15-22(21)32-3)24(31)27-20-10-6-9-19(14-20)26-29-28-25(34-26)18-8-5-7-16(2)13-18/h5-15H,4H2,1-3H3,(H,27,31). The molecule has 0 saturated heterocycles. The molecule has 4 aromatic rings. The molecule has 1 N–H and O–H groups in total. The highest BCUT2D eigenvalue weighted by molar-refractivity contribution is 6.05. The van der Waals surface area contributed by atoms with Gasteiger partial charge in [-0.3, -0.25) is 9.59 Å². The third-order valence-electron chi connectivity index (χ3n) is 5.00. The molecule has 0 atom stereocenters. The minimum absolute atomic E-state index is 0.230. The highest BCUT2D eigenvalue weighted by atomic mass is 16.6. The minimum atomic E-state index is -0.390. The van der Waals surface area contributed by atoms with Crippen molar-refractivity contribution < 1.29 is 23.5 Å². The molecular weight excluding hydrogens is 434 g/mol. The van der Waals surface area contributed by atoms with Crippen LogP contribution in [0.5, 0.6) is 11.5 Å². The number of nitrogens with zero attached hydrogens (tertiary/aromatic N) is 2. The van der Waals surface area contributed by atoms with E-state index in [-0.39, 0.29) is 29.8 Å². The number of esters is 1. The van der Waals surface area contributed by atoms with Crippen LogP contribution in [-0.2, 0) is 4.79 Å². The van der Waals surface area contributed by atoms with Gasteiger partial charge in [-0.15, -0.1) is 10.2 Å². The number of carbonyl (C=O) groups is 2. The van der Waals surface area contributed by atoms with E-state index in [1.54, 1.807) is 31.2 Å². The van der Waals surface area contributed by atoms with Crippen LogP contribution < -0.4 is 14.8 Å². The Hall–Kier alpha value is -4.46. The summed E-state index contributed by atoms with van der Waals surface area (Å²) in [7, 11) is 1.44. The van der Waals surface area contributed by atoms with Gasteiger partial charge in [0.2, 0.25) is 11.8 Å². The third-order valence-corrected chi connectivity index (χ3v) is 5.00. The van der Waals surface area contributed by atoms with Gasteiger partial charge in [-0.1, -0.05) is 30.7 Å². The predicted molar refractivity (Wildman–Crippen MR) is 127 cm³/mol. The van der Waals surface area contributed by atoms with Gasteiger partial charge in [0.15, 0.2) is 11.5 Å². The monoisotopic (exact) mass is 457 g/mol. The number of amides is 1. The van der Waals surface area contributed by atoms with E-state index in [1.165, 1.54) is 19.2 Å². The van der Waals surface area contributed by atoms with Gasteiger partial charge in [0, 0.05) is 28.8 Å². The quantitative estimate of drug-likeness (QED) is 0.297. The first-order valence-corrected chi connectivity index (χ1v) is 10.7. The number of ether oxygens (including phenoxy) is 2. The number of carbonyl (C=O) groups excluding carboxylic acids is 2. The van der Waals surface area contributed by atoms with Gasteiger partial charge in [-0.25, -0.2) is 0 Å². The predicted octanol–water partition coefficient (Wildman–Crippen LogP) is 5.29. The second kappa shape index (κ2) is 9.99. The summed E-state index contributed by atoms with van der Waals surface area (Å²) in [6.07, 6.45) is 0.230. The number of rotatable bonds is 7. The molecule has 0 aliphatic rings. The first-order chi connectivity index (χ1) is 16.5. The molecule has 1 aromatic heterocycles. The van der Waals surface area contributed by atoms with Crippen LogP contribution in [0.1, 0.15) is 29.3 Å². The van der Waals surface area contributed by atoms with E-state index in [1.807, 2.05) is 37.3 Å². The Balaban J connectivity index is 1.52. The van der Waals surface area contributed by atoms with E-state index in [4.69, 9.17) is 13.9 Å². The molecule has 0 unspecified atom stereocenters. The van der Waals surface area contributed by atoms with Crippen LogP contribution in [-0.4, -0.2) is 29.2 Å². The Morgan fingerprint density at radius 3 is 2.29 bits per heavy atom. The molecule has 0 bridgehead atoms. The second-order valence-corrected chi connectivity index (χ2v) is 7.51. The Morgan fingerprint density at radius 1 is 0.912 bits per heavy atom. The summed E-state index contributed by atoms with van der Waals surface area (Å²) < 4.78 is 16.3. The molecule has 0 radical (unpaired) electrons. The first kappa shape index (κ1) is 22.7. The largest absolute Gasteiger partial charge is 0.493 e. The first-order valence-electron chi connectivity index (χ1n) is 10.7. The van der Waals surface area contributed by atoms with Crippen molar-refractivity contribution in [2.45, 2.75) is 20.3 Å². The van der Waals surface area contributed by atoms with Crippen LogP contribution in [0.25, 0.3) is 22.9 Å². The topological polar surface area (TPSA) is 104 Å². The normalized spacial score (nSPS) is 10.6. The van der Waals surface area contributed by atoms with E-state index in [0.29, 0.717) is 28.6 Å². The zero-order valence-electron chi connectivity index (χ0n) is 19.0. The molecule has 0 aliphatic carbocycles. The fourth-order valence-electron chi connectivity index (χ4n) is 3.26. The van der Waals surface area contributed by atoms with Crippen LogP contribution >= 0.6 is 0 Å². The van der Waals surface area contributed by atoms with Crippen molar-refractivity contribution >= 4 is 17.6 Å². The molecule has 0 fully saturated rings. The lowest BCUT2D eigenvalue weighted by Crippen LogP contribution is -2.13. The molecule has 4 rings (SSSR count). The van der Waals surface area contributed by atoms with Crippen molar-refractivity contribution in [1.82, 2.24) is 10.2 Å². The Morgan fingerprint density at radius 2 is 1.62 bits per heavy atom. The summed E-state index contributed by atoms with van der Waals surface area (Å²) in [5.41, 5.74) is 3.50. The highest BCUT2D eigenvalue weighted by Crippen LogP contribution is 2.30. The average molecular weight is 457 g/mol. The molecule has 3 aromatic carbocycles. The molecule has 1 amide bonds. The maximum absolute atomic E-state index is 12.8. The van der Waals surface area contributed by atoms with Gasteiger partial charge in [0.1, 0.15) is 0 Å². The maximum atomic E-state index is 12.8. The minimum Gasteiger partial charge on any atom is -0.493 e. The lowest BCUT2D eigenvalue weighted by molar-refractivity contribution is -0.134. The molecule has 0 aliphatic heterocycles. The number of hydrogen-bond donors (Lipinski definition) is 1. The summed E-state index contributed by atoms with van der Waals surface area (Å²) >= 11 is 0. The van der Waals surface area contributed by atoms with Crippen LogP contribution in [0.15, 0.2) is 71.1 Å². The van der Waals surface area contributed by atoms with E-state index in [9.17, 15) is 9.59 Å². The summed E-state index contributed by atoms with van der Waals surface area (Å²) in [4.78, 5) is 24.4. The van der Waals surface area contributed by atoms with Crippen molar-refractivity contribution in [1.29, 1.82) is 0 Å². The van der Waals surface area contributed by atoms with Gasteiger partial charge in [-0.05, 0) is 55.5 Å². The average Bonchev–Trinajstić information content (AvgIpc) is 3.35. The zero-order chi connectivity index (χ0) is 24.1. The van der Waals surface area contributed by atoms with Gasteiger partial charge in [-0.2, -0.15) is 0 Å². The molecule has 172 valence electrons. The van der Waals surface area contributed by atoms with Gasteiger partial charge in [0.25, 0.3) is 5.91 Å². The Labute approximate surface area is 196 Å². The highest BCUT2D eigenvalue weighted by Gasteiger charge is 2.15. The van der Waals surface area contributed by atoms with Crippen LogP contribution in [0.3, 0.4) is 0 Å². The van der Waals surface area contributed by atoms with Crippen molar-refractivity contribution in [3.8, 4) is 34.4 Å².